The molecule has 0 saturated carbocycles. The Kier molecular flexibility index (Phi) is 4.07. The highest BCUT2D eigenvalue weighted by atomic mass is 35.5. The van der Waals surface area contributed by atoms with Gasteiger partial charge in [0.15, 0.2) is 0 Å². The quantitative estimate of drug-likeness (QED) is 0.838. The fourth-order valence-electron chi connectivity index (χ4n) is 2.28. The van der Waals surface area contributed by atoms with Crippen LogP contribution in [-0.2, 0) is 4.79 Å². The van der Waals surface area contributed by atoms with Crippen molar-refractivity contribution in [2.75, 3.05) is 0 Å². The highest BCUT2D eigenvalue weighted by Crippen LogP contribution is 2.19. The van der Waals surface area contributed by atoms with Gasteiger partial charge in [-0.05, 0) is 36.3 Å². The van der Waals surface area contributed by atoms with Crippen molar-refractivity contribution in [2.45, 2.75) is 13.3 Å². The van der Waals surface area contributed by atoms with Gasteiger partial charge in [-0.3, -0.25) is 4.79 Å². The molecule has 2 aromatic rings. The average Bonchev–Trinajstić information content (AvgIpc) is 2.52. The molecular formula is C18H15ClN2O. The van der Waals surface area contributed by atoms with E-state index in [-0.39, 0.29) is 5.91 Å². The van der Waals surface area contributed by atoms with Crippen LogP contribution < -0.4 is 5.43 Å². The molecule has 0 radical (unpaired) electrons. The van der Waals surface area contributed by atoms with Crippen molar-refractivity contribution in [3.05, 3.63) is 75.8 Å². The van der Waals surface area contributed by atoms with Crippen LogP contribution >= 0.6 is 11.6 Å². The topological polar surface area (TPSA) is 41.5 Å². The third kappa shape index (κ3) is 3.26. The summed E-state index contributed by atoms with van der Waals surface area (Å²) in [6.07, 6.45) is 2.38. The van der Waals surface area contributed by atoms with Gasteiger partial charge < -0.3 is 0 Å². The third-order valence-electron chi connectivity index (χ3n) is 3.54. The van der Waals surface area contributed by atoms with Crippen LogP contribution in [0.15, 0.2) is 59.2 Å². The molecule has 0 spiro atoms. The van der Waals surface area contributed by atoms with Crippen molar-refractivity contribution in [1.82, 2.24) is 5.43 Å². The molecule has 0 aromatic heterocycles. The Morgan fingerprint density at radius 3 is 2.45 bits per heavy atom. The lowest BCUT2D eigenvalue weighted by molar-refractivity contribution is -0.117. The number of carbonyl (C=O) groups excluding carboxylic acids is 1. The van der Waals surface area contributed by atoms with E-state index in [1.165, 1.54) is 5.56 Å². The smallest absolute Gasteiger partial charge is 0.267 e. The molecule has 1 amide bonds. The Balaban J connectivity index is 1.87. The van der Waals surface area contributed by atoms with E-state index in [0.29, 0.717) is 17.0 Å². The molecule has 3 nitrogen and oxygen atoms in total. The Morgan fingerprint density at radius 2 is 1.77 bits per heavy atom. The highest BCUT2D eigenvalue weighted by Gasteiger charge is 2.19. The number of halogens is 1. The van der Waals surface area contributed by atoms with Crippen LogP contribution in [-0.4, -0.2) is 11.6 Å². The first kappa shape index (κ1) is 14.5. The Hall–Kier alpha value is -2.39. The van der Waals surface area contributed by atoms with E-state index in [1.54, 1.807) is 0 Å². The van der Waals surface area contributed by atoms with Crippen molar-refractivity contribution in [3.63, 3.8) is 0 Å². The van der Waals surface area contributed by atoms with E-state index in [9.17, 15) is 4.79 Å². The SMILES string of the molecule is Cc1ccc(C2=NNC(=O)/C(=C\c3ccc(Cl)cc3)C2)cc1. The molecule has 1 heterocycles. The number of nitrogens with one attached hydrogen (secondary N) is 1. The fourth-order valence-corrected chi connectivity index (χ4v) is 2.41. The van der Waals surface area contributed by atoms with E-state index in [1.807, 2.05) is 61.5 Å². The van der Waals surface area contributed by atoms with Gasteiger partial charge >= 0.3 is 0 Å². The van der Waals surface area contributed by atoms with Gasteiger partial charge in [0, 0.05) is 17.0 Å². The molecule has 110 valence electrons. The van der Waals surface area contributed by atoms with E-state index in [2.05, 4.69) is 10.5 Å². The molecule has 1 aliphatic rings. The summed E-state index contributed by atoms with van der Waals surface area (Å²) in [6, 6.07) is 15.5. The molecule has 2 aromatic carbocycles. The molecule has 1 N–H and O–H groups in total. The maximum Gasteiger partial charge on any atom is 0.267 e. The molecule has 0 bridgehead atoms. The molecule has 22 heavy (non-hydrogen) atoms. The number of nitrogens with zero attached hydrogens (tertiary/aromatic N) is 1. The predicted octanol–water partition coefficient (Wildman–Crippen LogP) is 3.96. The number of carbonyl (C=O) groups is 1. The molecule has 0 unspecified atom stereocenters. The minimum atomic E-state index is -0.161. The van der Waals surface area contributed by atoms with Crippen molar-refractivity contribution < 1.29 is 4.79 Å². The zero-order valence-corrected chi connectivity index (χ0v) is 12.9. The second-order valence-electron chi connectivity index (χ2n) is 5.26. The summed E-state index contributed by atoms with van der Waals surface area (Å²) in [4.78, 5) is 12.0. The standard InChI is InChI=1S/C18H15ClN2O/c1-12-2-6-14(7-3-12)17-11-15(18(22)21-20-17)10-13-4-8-16(19)9-5-13/h2-10H,11H2,1H3,(H,21,22)/b15-10-. The Morgan fingerprint density at radius 1 is 1.09 bits per heavy atom. The normalized spacial score (nSPS) is 16.4. The van der Waals surface area contributed by atoms with E-state index >= 15 is 0 Å². The van der Waals surface area contributed by atoms with Crippen LogP contribution in [0.5, 0.6) is 0 Å². The van der Waals surface area contributed by atoms with Crippen LogP contribution in [0.2, 0.25) is 5.02 Å². The zero-order chi connectivity index (χ0) is 15.5. The molecular weight excluding hydrogens is 296 g/mol. The number of benzene rings is 2. The first-order valence-corrected chi connectivity index (χ1v) is 7.40. The van der Waals surface area contributed by atoms with E-state index < -0.39 is 0 Å². The van der Waals surface area contributed by atoms with Crippen LogP contribution in [0.3, 0.4) is 0 Å². The fraction of sp³-hybridized carbons (Fsp3) is 0.111. The molecule has 3 rings (SSSR count). The molecule has 0 aliphatic carbocycles. The summed E-state index contributed by atoms with van der Waals surface area (Å²) >= 11 is 5.88. The van der Waals surface area contributed by atoms with Crippen LogP contribution in [0.1, 0.15) is 23.1 Å². The molecule has 0 atom stereocenters. The monoisotopic (exact) mass is 310 g/mol. The van der Waals surface area contributed by atoms with Gasteiger partial charge in [-0.15, -0.1) is 0 Å². The highest BCUT2D eigenvalue weighted by molar-refractivity contribution is 6.30. The minimum Gasteiger partial charge on any atom is -0.268 e. The number of amides is 1. The maximum atomic E-state index is 12.0. The summed E-state index contributed by atoms with van der Waals surface area (Å²) < 4.78 is 0. The average molecular weight is 311 g/mol. The summed E-state index contributed by atoms with van der Waals surface area (Å²) in [6.45, 7) is 2.04. The number of rotatable bonds is 2. The number of hydrogen-bond acceptors (Lipinski definition) is 2. The summed E-state index contributed by atoms with van der Waals surface area (Å²) in [5.41, 5.74) is 7.29. The first-order chi connectivity index (χ1) is 10.6. The summed E-state index contributed by atoms with van der Waals surface area (Å²) in [5.74, 6) is -0.161. The number of aryl methyl sites for hydroxylation is 1. The van der Waals surface area contributed by atoms with Gasteiger partial charge in [-0.25, -0.2) is 5.43 Å². The van der Waals surface area contributed by atoms with E-state index in [4.69, 9.17) is 11.6 Å². The lowest BCUT2D eigenvalue weighted by atomic mass is 9.98. The summed E-state index contributed by atoms with van der Waals surface area (Å²) in [5, 5.41) is 4.85. The lowest BCUT2D eigenvalue weighted by Gasteiger charge is -2.15. The molecule has 0 saturated heterocycles. The van der Waals surface area contributed by atoms with E-state index in [0.717, 1.165) is 16.8 Å². The Bertz CT molecular complexity index is 759. The third-order valence-corrected chi connectivity index (χ3v) is 3.79. The van der Waals surface area contributed by atoms with Crippen LogP contribution in [0.25, 0.3) is 6.08 Å². The zero-order valence-electron chi connectivity index (χ0n) is 12.1. The van der Waals surface area contributed by atoms with Crippen LogP contribution in [0.4, 0.5) is 0 Å². The summed E-state index contributed by atoms with van der Waals surface area (Å²) in [7, 11) is 0. The lowest BCUT2D eigenvalue weighted by Crippen LogP contribution is -2.28. The van der Waals surface area contributed by atoms with Gasteiger partial charge in [0.05, 0.1) is 5.71 Å². The van der Waals surface area contributed by atoms with Crippen molar-refractivity contribution in [3.8, 4) is 0 Å². The molecule has 1 aliphatic heterocycles. The van der Waals surface area contributed by atoms with Crippen molar-refractivity contribution in [2.24, 2.45) is 5.10 Å². The second-order valence-corrected chi connectivity index (χ2v) is 5.70. The van der Waals surface area contributed by atoms with Gasteiger partial charge in [0.25, 0.3) is 5.91 Å². The second kappa shape index (κ2) is 6.16. The minimum absolute atomic E-state index is 0.161. The first-order valence-electron chi connectivity index (χ1n) is 7.02. The molecule has 4 heteroatoms. The van der Waals surface area contributed by atoms with Crippen molar-refractivity contribution >= 4 is 29.3 Å². The Labute approximate surface area is 134 Å². The van der Waals surface area contributed by atoms with Crippen molar-refractivity contribution in [1.29, 1.82) is 0 Å². The predicted molar refractivity (Wildman–Crippen MR) is 89.9 cm³/mol. The van der Waals surface area contributed by atoms with Crippen LogP contribution in [0, 0.1) is 6.92 Å². The number of hydrazone groups is 1. The molecule has 0 fully saturated rings. The van der Waals surface area contributed by atoms with Gasteiger partial charge in [0.2, 0.25) is 0 Å². The van der Waals surface area contributed by atoms with Gasteiger partial charge in [-0.2, -0.15) is 5.10 Å². The number of hydrogen-bond donors (Lipinski definition) is 1. The van der Waals surface area contributed by atoms with Gasteiger partial charge in [0.1, 0.15) is 0 Å². The largest absolute Gasteiger partial charge is 0.268 e. The van der Waals surface area contributed by atoms with Gasteiger partial charge in [-0.1, -0.05) is 53.6 Å². The maximum absolute atomic E-state index is 12.0.